The summed E-state index contributed by atoms with van der Waals surface area (Å²) in [6.45, 7) is 5.63. The van der Waals surface area contributed by atoms with Crippen LogP contribution in [0.1, 0.15) is 51.9 Å². The van der Waals surface area contributed by atoms with Crippen LogP contribution in [0.3, 0.4) is 0 Å². The van der Waals surface area contributed by atoms with Crippen molar-refractivity contribution in [3.63, 3.8) is 0 Å². The molecule has 0 heterocycles. The molecule has 0 N–H and O–H groups in total. The van der Waals surface area contributed by atoms with E-state index in [1.165, 1.54) is 44.6 Å². The van der Waals surface area contributed by atoms with Gasteiger partial charge < -0.3 is 4.74 Å². The zero-order valence-corrected chi connectivity index (χ0v) is 9.71. The third-order valence-corrected chi connectivity index (χ3v) is 3.21. The SMILES string of the molecule is C=CC(=O)OC1CCC1CCCCCC. The number of carbonyl (C=O) groups is 1. The lowest BCUT2D eigenvalue weighted by atomic mass is 9.78. The van der Waals surface area contributed by atoms with Crippen LogP contribution in [0.25, 0.3) is 0 Å². The first-order chi connectivity index (χ1) is 7.27. The van der Waals surface area contributed by atoms with Crippen LogP contribution in [0.5, 0.6) is 0 Å². The Kier molecular flexibility index (Phi) is 5.44. The first kappa shape index (κ1) is 12.3. The fourth-order valence-electron chi connectivity index (χ4n) is 2.05. The van der Waals surface area contributed by atoms with E-state index in [1.807, 2.05) is 0 Å². The van der Waals surface area contributed by atoms with E-state index in [1.54, 1.807) is 0 Å². The number of rotatable bonds is 7. The molecule has 15 heavy (non-hydrogen) atoms. The van der Waals surface area contributed by atoms with E-state index in [-0.39, 0.29) is 12.1 Å². The molecule has 0 aromatic carbocycles. The number of ether oxygens (including phenoxy) is 1. The molecule has 1 saturated carbocycles. The number of esters is 1. The van der Waals surface area contributed by atoms with Crippen LogP contribution in [-0.2, 0) is 9.53 Å². The molecule has 2 heteroatoms. The highest BCUT2D eigenvalue weighted by Gasteiger charge is 2.32. The second-order valence-corrected chi connectivity index (χ2v) is 4.37. The fourth-order valence-corrected chi connectivity index (χ4v) is 2.05. The molecule has 0 aromatic rings. The van der Waals surface area contributed by atoms with Crippen LogP contribution >= 0.6 is 0 Å². The molecule has 0 saturated heterocycles. The molecule has 0 bridgehead atoms. The summed E-state index contributed by atoms with van der Waals surface area (Å²) >= 11 is 0. The second kappa shape index (κ2) is 6.65. The molecule has 0 amide bonds. The van der Waals surface area contributed by atoms with Crippen LogP contribution in [0, 0.1) is 5.92 Å². The van der Waals surface area contributed by atoms with Crippen molar-refractivity contribution in [2.45, 2.75) is 58.0 Å². The van der Waals surface area contributed by atoms with E-state index < -0.39 is 0 Å². The fraction of sp³-hybridized carbons (Fsp3) is 0.769. The highest BCUT2D eigenvalue weighted by molar-refractivity contribution is 5.81. The monoisotopic (exact) mass is 210 g/mol. The van der Waals surface area contributed by atoms with Gasteiger partial charge in [0.1, 0.15) is 6.10 Å². The predicted molar refractivity (Wildman–Crippen MR) is 61.6 cm³/mol. The predicted octanol–water partition coefficient (Wildman–Crippen LogP) is 3.46. The molecule has 0 aromatic heterocycles. The van der Waals surface area contributed by atoms with Crippen molar-refractivity contribution in [3.8, 4) is 0 Å². The van der Waals surface area contributed by atoms with Crippen molar-refractivity contribution in [1.82, 2.24) is 0 Å². The average Bonchev–Trinajstić information content (AvgIpc) is 2.23. The van der Waals surface area contributed by atoms with E-state index in [0.717, 1.165) is 6.42 Å². The summed E-state index contributed by atoms with van der Waals surface area (Å²) in [6.07, 6.45) is 10.1. The Labute approximate surface area is 92.7 Å². The van der Waals surface area contributed by atoms with E-state index in [0.29, 0.717) is 5.92 Å². The molecule has 0 spiro atoms. The standard InChI is InChI=1S/C13H22O2/c1-3-5-6-7-8-11-9-10-12(11)15-13(14)4-2/h4,11-12H,2-3,5-10H2,1H3. The van der Waals surface area contributed by atoms with Gasteiger partial charge >= 0.3 is 5.97 Å². The molecule has 1 rings (SSSR count). The molecule has 86 valence electrons. The number of hydrogen-bond donors (Lipinski definition) is 0. The molecule has 0 aliphatic heterocycles. The van der Waals surface area contributed by atoms with Gasteiger partial charge in [0, 0.05) is 6.08 Å². The summed E-state index contributed by atoms with van der Waals surface area (Å²) in [6, 6.07) is 0. The highest BCUT2D eigenvalue weighted by atomic mass is 16.5. The van der Waals surface area contributed by atoms with Crippen LogP contribution in [0.15, 0.2) is 12.7 Å². The summed E-state index contributed by atoms with van der Waals surface area (Å²) in [7, 11) is 0. The average molecular weight is 210 g/mol. The molecule has 0 radical (unpaired) electrons. The molecular formula is C13H22O2. The molecule has 1 aliphatic rings. The molecule has 1 aliphatic carbocycles. The van der Waals surface area contributed by atoms with Gasteiger partial charge in [0.25, 0.3) is 0 Å². The van der Waals surface area contributed by atoms with Crippen molar-refractivity contribution in [2.24, 2.45) is 5.92 Å². The molecule has 2 nitrogen and oxygen atoms in total. The summed E-state index contributed by atoms with van der Waals surface area (Å²) in [5.74, 6) is 0.351. The Morgan fingerprint density at radius 3 is 2.73 bits per heavy atom. The number of carbonyl (C=O) groups excluding carboxylic acids is 1. The molecule has 2 unspecified atom stereocenters. The van der Waals surface area contributed by atoms with Crippen LogP contribution in [0.2, 0.25) is 0 Å². The smallest absolute Gasteiger partial charge is 0.330 e. The Bertz CT molecular complexity index is 211. The molecule has 1 fully saturated rings. The van der Waals surface area contributed by atoms with Crippen molar-refractivity contribution >= 4 is 5.97 Å². The molecule has 2 atom stereocenters. The minimum Gasteiger partial charge on any atom is -0.459 e. The minimum atomic E-state index is -0.266. The maximum atomic E-state index is 11.0. The van der Waals surface area contributed by atoms with E-state index >= 15 is 0 Å². The lowest BCUT2D eigenvalue weighted by molar-refractivity contribution is -0.152. The van der Waals surface area contributed by atoms with Gasteiger partial charge in [-0.1, -0.05) is 39.2 Å². The largest absolute Gasteiger partial charge is 0.459 e. The lowest BCUT2D eigenvalue weighted by Crippen LogP contribution is -2.35. The van der Waals surface area contributed by atoms with Crippen molar-refractivity contribution < 1.29 is 9.53 Å². The second-order valence-electron chi connectivity index (χ2n) is 4.37. The van der Waals surface area contributed by atoms with E-state index in [9.17, 15) is 4.79 Å². The van der Waals surface area contributed by atoms with Crippen LogP contribution in [0.4, 0.5) is 0 Å². The normalized spacial score (nSPS) is 24.3. The summed E-state index contributed by atoms with van der Waals surface area (Å²) in [5.41, 5.74) is 0. The number of unbranched alkanes of at least 4 members (excludes halogenated alkanes) is 3. The molecular weight excluding hydrogens is 188 g/mol. The minimum absolute atomic E-state index is 0.178. The van der Waals surface area contributed by atoms with Gasteiger partial charge in [0.2, 0.25) is 0 Å². The van der Waals surface area contributed by atoms with Gasteiger partial charge in [-0.05, 0) is 25.2 Å². The third kappa shape index (κ3) is 4.06. The van der Waals surface area contributed by atoms with Crippen molar-refractivity contribution in [3.05, 3.63) is 12.7 Å². The first-order valence-corrected chi connectivity index (χ1v) is 6.11. The van der Waals surface area contributed by atoms with Gasteiger partial charge in [-0.2, -0.15) is 0 Å². The Balaban J connectivity index is 2.09. The lowest BCUT2D eigenvalue weighted by Gasteiger charge is -2.35. The van der Waals surface area contributed by atoms with E-state index in [4.69, 9.17) is 4.74 Å². The first-order valence-electron chi connectivity index (χ1n) is 6.11. The van der Waals surface area contributed by atoms with E-state index in [2.05, 4.69) is 13.5 Å². The topological polar surface area (TPSA) is 26.3 Å². The van der Waals surface area contributed by atoms with Crippen molar-refractivity contribution in [2.75, 3.05) is 0 Å². The summed E-state index contributed by atoms with van der Waals surface area (Å²) in [5, 5.41) is 0. The van der Waals surface area contributed by atoms with Gasteiger partial charge in [-0.3, -0.25) is 0 Å². The van der Waals surface area contributed by atoms with Gasteiger partial charge in [-0.25, -0.2) is 4.79 Å². The van der Waals surface area contributed by atoms with Crippen LogP contribution in [-0.4, -0.2) is 12.1 Å². The maximum absolute atomic E-state index is 11.0. The Morgan fingerprint density at radius 1 is 1.40 bits per heavy atom. The summed E-state index contributed by atoms with van der Waals surface area (Å²) in [4.78, 5) is 11.0. The Hall–Kier alpha value is -0.790. The number of hydrogen-bond acceptors (Lipinski definition) is 2. The highest BCUT2D eigenvalue weighted by Crippen LogP contribution is 2.34. The summed E-state index contributed by atoms with van der Waals surface area (Å²) < 4.78 is 5.25. The third-order valence-electron chi connectivity index (χ3n) is 3.21. The van der Waals surface area contributed by atoms with Gasteiger partial charge in [0.15, 0.2) is 0 Å². The zero-order chi connectivity index (χ0) is 11.1. The Morgan fingerprint density at radius 2 is 2.20 bits per heavy atom. The van der Waals surface area contributed by atoms with Crippen LogP contribution < -0.4 is 0 Å². The van der Waals surface area contributed by atoms with Gasteiger partial charge in [0.05, 0.1) is 0 Å². The zero-order valence-electron chi connectivity index (χ0n) is 9.71. The van der Waals surface area contributed by atoms with Crippen molar-refractivity contribution in [1.29, 1.82) is 0 Å². The van der Waals surface area contributed by atoms with Gasteiger partial charge in [-0.15, -0.1) is 0 Å². The quantitative estimate of drug-likeness (QED) is 0.365. The maximum Gasteiger partial charge on any atom is 0.330 e.